The van der Waals surface area contributed by atoms with E-state index in [1.165, 1.54) is 0 Å². The molecule has 3 heterocycles. The molecule has 0 aliphatic carbocycles. The number of hydrogen-bond donors (Lipinski definition) is 1. The van der Waals surface area contributed by atoms with Crippen molar-refractivity contribution in [2.24, 2.45) is 0 Å². The van der Waals surface area contributed by atoms with E-state index >= 15 is 0 Å². The van der Waals surface area contributed by atoms with Crippen LogP contribution < -0.4 is 0 Å². The Morgan fingerprint density at radius 1 is 1.31 bits per heavy atom. The Bertz CT molecular complexity index is 800. The number of hydrogen-bond acceptors (Lipinski definition) is 5. The summed E-state index contributed by atoms with van der Waals surface area (Å²) < 4.78 is 11.1. The molecule has 0 unspecified atom stereocenters. The molecule has 0 radical (unpaired) electrons. The fourth-order valence-corrected chi connectivity index (χ4v) is 4.59. The second-order valence-corrected chi connectivity index (χ2v) is 7.66. The number of nitrogens with zero attached hydrogens (tertiary/aromatic N) is 1. The third-order valence-electron chi connectivity index (χ3n) is 4.92. The summed E-state index contributed by atoms with van der Waals surface area (Å²) in [6, 6.07) is 7.13. The van der Waals surface area contributed by atoms with Crippen LogP contribution in [0.3, 0.4) is 0 Å². The Hall–Kier alpha value is -1.99. The van der Waals surface area contributed by atoms with E-state index in [0.717, 1.165) is 36.8 Å². The van der Waals surface area contributed by atoms with Crippen molar-refractivity contribution in [2.45, 2.75) is 31.4 Å². The van der Waals surface area contributed by atoms with Crippen LogP contribution in [0.2, 0.25) is 0 Å². The topological polar surface area (TPSA) is 71.6 Å². The predicted molar refractivity (Wildman–Crippen MR) is 100 cm³/mol. The van der Waals surface area contributed by atoms with Crippen molar-refractivity contribution in [2.75, 3.05) is 24.8 Å². The molecule has 2 saturated heterocycles. The molecule has 2 atom stereocenters. The maximum absolute atomic E-state index is 13.0. The van der Waals surface area contributed by atoms with E-state index < -0.39 is 6.04 Å². The summed E-state index contributed by atoms with van der Waals surface area (Å²) in [5.74, 6) is 0.594. The first-order chi connectivity index (χ1) is 12.7. The molecule has 2 aromatic rings. The van der Waals surface area contributed by atoms with E-state index in [4.69, 9.17) is 9.47 Å². The first-order valence-corrected chi connectivity index (χ1v) is 10.1. The highest BCUT2D eigenvalue weighted by atomic mass is 32.2. The number of aromatic nitrogens is 1. The monoisotopic (exact) mass is 374 g/mol. The van der Waals surface area contributed by atoms with Crippen molar-refractivity contribution in [3.05, 3.63) is 36.0 Å². The lowest BCUT2D eigenvalue weighted by Crippen LogP contribution is -2.43. The molecule has 1 N–H and O–H groups in total. The maximum Gasteiger partial charge on any atom is 0.329 e. The maximum atomic E-state index is 13.0. The second kappa shape index (κ2) is 7.72. The first-order valence-electron chi connectivity index (χ1n) is 8.97. The van der Waals surface area contributed by atoms with Gasteiger partial charge in [-0.15, -0.1) is 11.8 Å². The van der Waals surface area contributed by atoms with Crippen molar-refractivity contribution >= 4 is 34.5 Å². The molecule has 138 valence electrons. The number of amides is 1. The van der Waals surface area contributed by atoms with Crippen LogP contribution in [0, 0.1) is 0 Å². The van der Waals surface area contributed by atoms with Gasteiger partial charge in [-0.2, -0.15) is 0 Å². The number of carbonyl (C=O) groups excluding carboxylic acids is 2. The smallest absolute Gasteiger partial charge is 0.329 e. The summed E-state index contributed by atoms with van der Waals surface area (Å²) in [6.45, 7) is 1.00. The number of nitrogens with one attached hydrogen (secondary N) is 1. The Labute approximate surface area is 156 Å². The highest BCUT2D eigenvalue weighted by Gasteiger charge is 2.37. The lowest BCUT2D eigenvalue weighted by Gasteiger charge is -2.25. The van der Waals surface area contributed by atoms with Gasteiger partial charge >= 0.3 is 5.97 Å². The summed E-state index contributed by atoms with van der Waals surface area (Å²) in [7, 11) is 0. The van der Waals surface area contributed by atoms with Crippen molar-refractivity contribution in [3.8, 4) is 0 Å². The third kappa shape index (κ3) is 3.46. The molecular formula is C19H22N2O4S. The molecule has 2 fully saturated rings. The van der Waals surface area contributed by atoms with E-state index in [0.29, 0.717) is 17.2 Å². The van der Waals surface area contributed by atoms with E-state index in [1.807, 2.05) is 24.3 Å². The van der Waals surface area contributed by atoms with Crippen molar-refractivity contribution in [3.63, 3.8) is 0 Å². The molecule has 2 aliphatic rings. The molecule has 1 aromatic heterocycles. The highest BCUT2D eigenvalue weighted by molar-refractivity contribution is 7.99. The minimum absolute atomic E-state index is 0.0143. The summed E-state index contributed by atoms with van der Waals surface area (Å²) >= 11 is 1.57. The Kier molecular flexibility index (Phi) is 5.17. The van der Waals surface area contributed by atoms with Crippen molar-refractivity contribution in [1.82, 2.24) is 9.88 Å². The number of para-hydroxylation sites is 1. The Morgan fingerprint density at radius 2 is 2.19 bits per heavy atom. The van der Waals surface area contributed by atoms with E-state index in [2.05, 4.69) is 4.98 Å². The Balaban J connectivity index is 1.43. The molecule has 0 saturated carbocycles. The largest absolute Gasteiger partial charge is 0.461 e. The third-order valence-corrected chi connectivity index (χ3v) is 5.93. The average molecular weight is 374 g/mol. The van der Waals surface area contributed by atoms with E-state index in [9.17, 15) is 9.59 Å². The molecular weight excluding hydrogens is 352 g/mol. The molecule has 26 heavy (non-hydrogen) atoms. The van der Waals surface area contributed by atoms with Gasteiger partial charge < -0.3 is 19.4 Å². The molecule has 6 nitrogen and oxygen atoms in total. The number of thioether (sulfide) groups is 1. The van der Waals surface area contributed by atoms with Crippen LogP contribution in [0.25, 0.3) is 10.9 Å². The molecule has 0 spiro atoms. The van der Waals surface area contributed by atoms with Gasteiger partial charge in [-0.05, 0) is 25.3 Å². The standard InChI is InChI=1S/C19H22N2O4S/c22-18(15-9-20-16-7-2-1-6-14(15)16)21-12-26-11-17(21)19(23)25-10-13-5-3-4-8-24-13/h1-2,6-7,9,13,17,20H,3-5,8,10-12H2/t13-,17+/m0/s1. The van der Waals surface area contributed by atoms with Gasteiger partial charge in [0.1, 0.15) is 12.6 Å². The lowest BCUT2D eigenvalue weighted by atomic mass is 10.1. The number of carbonyl (C=O) groups is 2. The van der Waals surface area contributed by atoms with Gasteiger partial charge in [-0.3, -0.25) is 4.79 Å². The van der Waals surface area contributed by atoms with Crippen LogP contribution in [0.5, 0.6) is 0 Å². The van der Waals surface area contributed by atoms with Crippen LogP contribution in [-0.2, 0) is 14.3 Å². The predicted octanol–water partition coefficient (Wildman–Crippen LogP) is 2.80. The molecule has 0 bridgehead atoms. The minimum Gasteiger partial charge on any atom is -0.461 e. The van der Waals surface area contributed by atoms with Gasteiger partial charge in [-0.1, -0.05) is 18.2 Å². The highest BCUT2D eigenvalue weighted by Crippen LogP contribution is 2.27. The van der Waals surface area contributed by atoms with Crippen LogP contribution in [0.4, 0.5) is 0 Å². The van der Waals surface area contributed by atoms with Crippen LogP contribution in [0.15, 0.2) is 30.5 Å². The number of rotatable bonds is 4. The number of esters is 1. The molecule has 1 aromatic carbocycles. The number of fused-ring (bicyclic) bond motifs is 1. The molecule has 1 amide bonds. The van der Waals surface area contributed by atoms with E-state index in [-0.39, 0.29) is 24.6 Å². The van der Waals surface area contributed by atoms with Gasteiger partial charge in [0.2, 0.25) is 0 Å². The number of ether oxygens (including phenoxy) is 2. The zero-order valence-corrected chi connectivity index (χ0v) is 15.3. The summed E-state index contributed by atoms with van der Waals surface area (Å²) in [5, 5.41) is 0.872. The lowest BCUT2D eigenvalue weighted by molar-refractivity contribution is -0.153. The number of aromatic amines is 1. The van der Waals surface area contributed by atoms with Gasteiger partial charge in [0.05, 0.1) is 17.5 Å². The summed E-state index contributed by atoms with van der Waals surface area (Å²) in [6.07, 6.45) is 4.79. The molecule has 7 heteroatoms. The second-order valence-electron chi connectivity index (χ2n) is 6.66. The average Bonchev–Trinajstić information content (AvgIpc) is 3.33. The summed E-state index contributed by atoms with van der Waals surface area (Å²) in [4.78, 5) is 30.3. The normalized spacial score (nSPS) is 23.3. The SMILES string of the molecule is O=C(OC[C@@H]1CCCCO1)[C@H]1CSCN1C(=O)c1c[nH]c2ccccc12. The first kappa shape index (κ1) is 17.4. The van der Waals surface area contributed by atoms with Gasteiger partial charge in [0.25, 0.3) is 5.91 Å². The van der Waals surface area contributed by atoms with Crippen molar-refractivity contribution in [1.29, 1.82) is 0 Å². The fraction of sp³-hybridized carbons (Fsp3) is 0.474. The summed E-state index contributed by atoms with van der Waals surface area (Å²) in [5.41, 5.74) is 1.51. The Morgan fingerprint density at radius 3 is 3.04 bits per heavy atom. The zero-order chi connectivity index (χ0) is 17.9. The van der Waals surface area contributed by atoms with Gasteiger partial charge in [0, 0.05) is 29.5 Å². The zero-order valence-electron chi connectivity index (χ0n) is 14.5. The molecule has 4 rings (SSSR count). The van der Waals surface area contributed by atoms with Gasteiger partial charge in [0.15, 0.2) is 0 Å². The minimum atomic E-state index is -0.537. The van der Waals surface area contributed by atoms with Crippen molar-refractivity contribution < 1.29 is 19.1 Å². The van der Waals surface area contributed by atoms with Crippen LogP contribution >= 0.6 is 11.8 Å². The van der Waals surface area contributed by atoms with Crippen LogP contribution in [0.1, 0.15) is 29.6 Å². The quantitative estimate of drug-likeness (QED) is 0.833. The van der Waals surface area contributed by atoms with Crippen LogP contribution in [-0.4, -0.2) is 58.7 Å². The van der Waals surface area contributed by atoms with Gasteiger partial charge in [-0.25, -0.2) is 4.79 Å². The number of benzene rings is 1. The fourth-order valence-electron chi connectivity index (χ4n) is 3.45. The van der Waals surface area contributed by atoms with E-state index in [1.54, 1.807) is 22.9 Å². The number of H-pyrrole nitrogens is 1. The molecule has 2 aliphatic heterocycles.